The summed E-state index contributed by atoms with van der Waals surface area (Å²) in [7, 11) is 0. The maximum Gasteiger partial charge on any atom is 0.299 e. The molecule has 0 aliphatic heterocycles. The van der Waals surface area contributed by atoms with Gasteiger partial charge in [-0.2, -0.15) is 8.78 Å². The molecule has 2 rings (SSSR count). The molecule has 1 aromatic rings. The summed E-state index contributed by atoms with van der Waals surface area (Å²) in [5.74, 6) is -4.00. The van der Waals surface area contributed by atoms with Crippen molar-refractivity contribution in [1.82, 2.24) is 5.32 Å². The van der Waals surface area contributed by atoms with Crippen molar-refractivity contribution in [2.75, 3.05) is 19.8 Å². The molecule has 1 saturated carbocycles. The Morgan fingerprint density at radius 2 is 1.92 bits per heavy atom. The first-order valence-electron chi connectivity index (χ1n) is 12.5. The highest BCUT2D eigenvalue weighted by Crippen LogP contribution is 2.37. The normalized spacial score (nSPS) is 21.9. The number of alkyl halides is 2. The minimum Gasteiger partial charge on any atom is -0.487 e. The fraction of sp³-hybridized carbons (Fsp3) is 0.577. The molecule has 0 unspecified atom stereocenters. The number of aliphatic hydroxyl groups is 2. The van der Waals surface area contributed by atoms with Gasteiger partial charge in [0.25, 0.3) is 11.0 Å². The van der Waals surface area contributed by atoms with Crippen LogP contribution < -0.4 is 10.1 Å². The first kappa shape index (κ1) is 30.2. The number of nitrogens with one attached hydrogen (secondary N) is 1. The van der Waals surface area contributed by atoms with Crippen LogP contribution in [0.25, 0.3) is 0 Å². The van der Waals surface area contributed by atoms with Crippen LogP contribution in [-0.2, 0) is 9.63 Å². The number of para-hydroxylation sites is 1. The highest BCUT2D eigenvalue weighted by molar-refractivity contribution is 5.75. The van der Waals surface area contributed by atoms with Crippen LogP contribution in [0.1, 0.15) is 44.9 Å². The van der Waals surface area contributed by atoms with Gasteiger partial charge in [-0.15, -0.1) is 10.1 Å². The Labute approximate surface area is 215 Å². The summed E-state index contributed by atoms with van der Waals surface area (Å²) in [6.07, 6.45) is 7.19. The van der Waals surface area contributed by atoms with Crippen LogP contribution in [-0.4, -0.2) is 59.1 Å². The lowest BCUT2D eigenvalue weighted by molar-refractivity contribution is -0.757. The van der Waals surface area contributed by atoms with E-state index in [1.54, 1.807) is 30.3 Å². The molecule has 4 atom stereocenters. The molecule has 0 saturated heterocycles. The number of aliphatic hydroxyl groups excluding tert-OH is 2. The van der Waals surface area contributed by atoms with Crippen LogP contribution in [0.15, 0.2) is 54.6 Å². The maximum atomic E-state index is 14.3. The summed E-state index contributed by atoms with van der Waals surface area (Å²) < 4.78 is 33.7. The Balaban J connectivity index is 1.69. The van der Waals surface area contributed by atoms with E-state index in [1.807, 2.05) is 12.2 Å². The second kappa shape index (κ2) is 15.9. The number of hydrogen-bond donors (Lipinski definition) is 3. The van der Waals surface area contributed by atoms with Gasteiger partial charge in [0.15, 0.2) is 6.61 Å². The highest BCUT2D eigenvalue weighted by Gasteiger charge is 2.40. The zero-order valence-electron chi connectivity index (χ0n) is 20.7. The van der Waals surface area contributed by atoms with E-state index in [4.69, 9.17) is 4.74 Å². The minimum atomic E-state index is -3.23. The SMILES string of the molecule is O=C(CCC/C=C\C[C@@H]1[C@@H](/C=C/C(F)(F)COc2ccccc2)[C@H](O)C[C@@H]1O)NCCCCO[N+](=O)[O-]. The second-order valence-corrected chi connectivity index (χ2v) is 9.05. The molecule has 206 valence electrons. The van der Waals surface area contributed by atoms with Crippen LogP contribution in [0, 0.1) is 22.0 Å². The molecule has 9 nitrogen and oxygen atoms in total. The van der Waals surface area contributed by atoms with Gasteiger partial charge in [-0.25, -0.2) is 0 Å². The average Bonchev–Trinajstić information content (AvgIpc) is 3.13. The van der Waals surface area contributed by atoms with E-state index in [0.29, 0.717) is 50.8 Å². The molecule has 0 aromatic heterocycles. The Hall–Kier alpha value is -3.05. The molecule has 11 heteroatoms. The maximum absolute atomic E-state index is 14.3. The molecule has 3 N–H and O–H groups in total. The molecular weight excluding hydrogens is 490 g/mol. The topological polar surface area (TPSA) is 131 Å². The van der Waals surface area contributed by atoms with Gasteiger partial charge in [0.1, 0.15) is 5.75 Å². The van der Waals surface area contributed by atoms with E-state index in [2.05, 4.69) is 10.2 Å². The zero-order chi connectivity index (χ0) is 27.1. The van der Waals surface area contributed by atoms with Gasteiger partial charge in [-0.3, -0.25) is 4.79 Å². The van der Waals surface area contributed by atoms with Crippen molar-refractivity contribution in [2.45, 2.75) is 63.1 Å². The van der Waals surface area contributed by atoms with Crippen molar-refractivity contribution in [3.05, 3.63) is 64.8 Å². The number of rotatable bonds is 17. The number of benzene rings is 1. The summed E-state index contributed by atoms with van der Waals surface area (Å²) in [5, 5.41) is 32.5. The van der Waals surface area contributed by atoms with Crippen LogP contribution in [0.2, 0.25) is 0 Å². The van der Waals surface area contributed by atoms with E-state index in [0.717, 1.165) is 6.08 Å². The number of nitrogens with zero attached hydrogens (tertiary/aromatic N) is 1. The van der Waals surface area contributed by atoms with Gasteiger partial charge in [-0.05, 0) is 56.2 Å². The van der Waals surface area contributed by atoms with Crippen molar-refractivity contribution >= 4 is 5.91 Å². The molecule has 37 heavy (non-hydrogen) atoms. The summed E-state index contributed by atoms with van der Waals surface area (Å²) >= 11 is 0. The fourth-order valence-corrected chi connectivity index (χ4v) is 4.14. The summed E-state index contributed by atoms with van der Waals surface area (Å²) in [4.78, 5) is 26.0. The molecular formula is C26H36F2N2O7. The molecule has 0 spiro atoms. The zero-order valence-corrected chi connectivity index (χ0v) is 20.7. The van der Waals surface area contributed by atoms with Gasteiger partial charge in [0.05, 0.1) is 18.8 Å². The molecule has 1 fully saturated rings. The standard InChI is InChI=1S/C26H36F2N2O7/c27-26(28,19-36-20-10-4-3-5-11-20)15-14-22-21(23(31)18-24(22)32)12-6-1-2-7-13-25(33)29-16-8-9-17-37-30(34)35/h1,3-6,10-11,14-15,21-24,31-32H,2,7-9,12-13,16-19H2,(H,29,33)/b6-1-,15-14+/t21-,22-,23+,24-/m1/s1. The van der Waals surface area contributed by atoms with E-state index < -0.39 is 41.7 Å². The molecule has 1 aliphatic carbocycles. The number of ether oxygens (including phenoxy) is 1. The van der Waals surface area contributed by atoms with Crippen LogP contribution >= 0.6 is 0 Å². The minimum absolute atomic E-state index is 0.00212. The number of halogens is 2. The average molecular weight is 527 g/mol. The van der Waals surface area contributed by atoms with Crippen molar-refractivity contribution in [3.8, 4) is 5.75 Å². The van der Waals surface area contributed by atoms with Gasteiger partial charge in [-0.1, -0.05) is 36.4 Å². The second-order valence-electron chi connectivity index (χ2n) is 9.05. The highest BCUT2D eigenvalue weighted by atomic mass is 19.3. The lowest BCUT2D eigenvalue weighted by Gasteiger charge is -2.20. The van der Waals surface area contributed by atoms with Gasteiger partial charge >= 0.3 is 0 Å². The number of carbonyl (C=O) groups excluding carboxylic acids is 1. The molecule has 1 aromatic carbocycles. The van der Waals surface area contributed by atoms with E-state index in [9.17, 15) is 33.9 Å². The Kier molecular flexibility index (Phi) is 13.0. The number of unbranched alkanes of at least 4 members (excludes halogenated alkanes) is 2. The molecule has 0 heterocycles. The molecule has 1 aliphatic rings. The first-order chi connectivity index (χ1) is 17.7. The van der Waals surface area contributed by atoms with Gasteiger partial charge in [0.2, 0.25) is 5.91 Å². The number of carbonyl (C=O) groups is 1. The largest absolute Gasteiger partial charge is 0.487 e. The Bertz CT molecular complexity index is 883. The van der Waals surface area contributed by atoms with Crippen molar-refractivity contribution in [3.63, 3.8) is 0 Å². The van der Waals surface area contributed by atoms with Crippen molar-refractivity contribution in [2.24, 2.45) is 11.8 Å². The lowest BCUT2D eigenvalue weighted by Crippen LogP contribution is -2.25. The summed E-state index contributed by atoms with van der Waals surface area (Å²) in [6.45, 7) is -0.404. The Morgan fingerprint density at radius 3 is 2.65 bits per heavy atom. The predicted octanol–water partition coefficient (Wildman–Crippen LogP) is 3.84. The van der Waals surface area contributed by atoms with E-state index in [-0.39, 0.29) is 18.9 Å². The van der Waals surface area contributed by atoms with Crippen molar-refractivity contribution in [1.29, 1.82) is 0 Å². The van der Waals surface area contributed by atoms with E-state index >= 15 is 0 Å². The quantitative estimate of drug-likeness (QED) is 0.122. The van der Waals surface area contributed by atoms with Gasteiger partial charge < -0.3 is 25.1 Å². The predicted molar refractivity (Wildman–Crippen MR) is 132 cm³/mol. The third kappa shape index (κ3) is 12.2. The Morgan fingerprint density at radius 1 is 1.16 bits per heavy atom. The lowest BCUT2D eigenvalue weighted by atomic mass is 9.89. The van der Waals surface area contributed by atoms with Crippen LogP contribution in [0.5, 0.6) is 5.75 Å². The fourth-order valence-electron chi connectivity index (χ4n) is 4.14. The third-order valence-electron chi connectivity index (χ3n) is 6.09. The van der Waals surface area contributed by atoms with Crippen molar-refractivity contribution < 1.29 is 38.4 Å². The number of amides is 1. The van der Waals surface area contributed by atoms with Gasteiger partial charge in [0, 0.05) is 25.3 Å². The van der Waals surface area contributed by atoms with E-state index in [1.165, 1.54) is 6.08 Å². The first-order valence-corrected chi connectivity index (χ1v) is 12.5. The number of allylic oxidation sites excluding steroid dienone is 2. The molecule has 1 amide bonds. The molecule has 0 radical (unpaired) electrons. The number of hydrogen-bond acceptors (Lipinski definition) is 7. The van der Waals surface area contributed by atoms with Crippen LogP contribution in [0.4, 0.5) is 8.78 Å². The monoisotopic (exact) mass is 526 g/mol. The summed E-state index contributed by atoms with van der Waals surface area (Å²) in [6, 6.07) is 8.32. The molecule has 0 bridgehead atoms. The van der Waals surface area contributed by atoms with Crippen LogP contribution in [0.3, 0.4) is 0 Å². The smallest absolute Gasteiger partial charge is 0.299 e. The third-order valence-corrected chi connectivity index (χ3v) is 6.09. The summed E-state index contributed by atoms with van der Waals surface area (Å²) in [5.41, 5.74) is 0.